The molecule has 13 heteroatoms. The SMILES string of the molecule is CC(C)CN(C(=O)c1cnc(C(C)(C)C)nc1NCc1ccco1)[C@H]1C[C@@H](c2noc(=O)[nH]2)CN(C(=O)OC(C)(C)C)C1. The minimum atomic E-state index is -0.712. The van der Waals surface area contributed by atoms with Gasteiger partial charge >= 0.3 is 11.8 Å². The zero-order valence-corrected chi connectivity index (χ0v) is 26.3. The molecule has 4 heterocycles. The van der Waals surface area contributed by atoms with E-state index in [2.05, 4.69) is 20.4 Å². The van der Waals surface area contributed by atoms with Crippen LogP contribution in [0, 0.1) is 5.92 Å². The summed E-state index contributed by atoms with van der Waals surface area (Å²) in [5.41, 5.74) is -0.754. The largest absolute Gasteiger partial charge is 0.467 e. The number of nitrogens with one attached hydrogen (secondary N) is 2. The van der Waals surface area contributed by atoms with Crippen LogP contribution in [0.3, 0.4) is 0 Å². The first-order valence-corrected chi connectivity index (χ1v) is 14.6. The van der Waals surface area contributed by atoms with Crippen molar-refractivity contribution in [3.8, 4) is 0 Å². The van der Waals surface area contributed by atoms with E-state index in [0.29, 0.717) is 48.3 Å². The second-order valence-electron chi connectivity index (χ2n) is 13.4. The highest BCUT2D eigenvalue weighted by Gasteiger charge is 2.40. The van der Waals surface area contributed by atoms with Crippen molar-refractivity contribution in [2.75, 3.05) is 25.0 Å². The number of anilines is 1. The van der Waals surface area contributed by atoms with Gasteiger partial charge in [0.2, 0.25) is 0 Å². The van der Waals surface area contributed by atoms with Crippen LogP contribution in [-0.2, 0) is 16.7 Å². The Kier molecular flexibility index (Phi) is 9.31. The van der Waals surface area contributed by atoms with Gasteiger partial charge in [-0.3, -0.25) is 14.3 Å². The first kappa shape index (κ1) is 31.8. The summed E-state index contributed by atoms with van der Waals surface area (Å²) in [5, 5.41) is 7.17. The standard InChI is InChI=1S/C30H43N7O6/c1-18(2)15-37(20-12-19(23-34-27(39)43-35-23)16-36(17-20)28(40)42-30(6,7)8)25(38)22-14-32-26(29(3,4)5)33-24(22)31-13-21-10-9-11-41-21/h9-11,14,18-20H,12-13,15-17H2,1-8H3,(H,31,32,33)(H,34,35,39)/t19-,20+/m1/s1. The Balaban J connectivity index is 1.71. The first-order chi connectivity index (χ1) is 20.1. The third-order valence-electron chi connectivity index (χ3n) is 6.89. The zero-order chi connectivity index (χ0) is 31.5. The van der Waals surface area contributed by atoms with Gasteiger partial charge in [-0.25, -0.2) is 19.6 Å². The molecule has 1 fully saturated rings. The van der Waals surface area contributed by atoms with Crippen molar-refractivity contribution in [3.05, 3.63) is 58.1 Å². The molecule has 4 rings (SSSR count). The van der Waals surface area contributed by atoms with Crippen LogP contribution in [0.25, 0.3) is 0 Å². The number of piperidine rings is 1. The fourth-order valence-electron chi connectivity index (χ4n) is 4.95. The molecule has 0 radical (unpaired) electrons. The number of H-pyrrole nitrogens is 1. The van der Waals surface area contributed by atoms with E-state index in [4.69, 9.17) is 18.7 Å². The Labute approximate surface area is 251 Å². The summed E-state index contributed by atoms with van der Waals surface area (Å²) < 4.78 is 15.9. The summed E-state index contributed by atoms with van der Waals surface area (Å²) >= 11 is 0. The highest BCUT2D eigenvalue weighted by Crippen LogP contribution is 2.31. The Morgan fingerprint density at radius 1 is 1.21 bits per heavy atom. The van der Waals surface area contributed by atoms with E-state index in [1.54, 1.807) is 49.1 Å². The van der Waals surface area contributed by atoms with Gasteiger partial charge in [0.15, 0.2) is 5.82 Å². The third-order valence-corrected chi connectivity index (χ3v) is 6.89. The molecule has 0 spiro atoms. The number of hydrogen-bond acceptors (Lipinski definition) is 10. The molecule has 43 heavy (non-hydrogen) atoms. The number of carbonyl (C=O) groups excluding carboxylic acids is 2. The van der Waals surface area contributed by atoms with Crippen LogP contribution < -0.4 is 11.1 Å². The minimum absolute atomic E-state index is 0.112. The van der Waals surface area contributed by atoms with Crippen molar-refractivity contribution >= 4 is 17.8 Å². The lowest BCUT2D eigenvalue weighted by molar-refractivity contribution is 0.00594. The van der Waals surface area contributed by atoms with E-state index in [-0.39, 0.29) is 30.3 Å². The minimum Gasteiger partial charge on any atom is -0.467 e. The molecule has 0 unspecified atom stereocenters. The summed E-state index contributed by atoms with van der Waals surface area (Å²) in [4.78, 5) is 54.7. The van der Waals surface area contributed by atoms with Gasteiger partial charge in [-0.05, 0) is 45.2 Å². The molecular weight excluding hydrogens is 554 g/mol. The molecule has 1 aliphatic rings. The number of nitrogens with zero attached hydrogens (tertiary/aromatic N) is 5. The number of carbonyl (C=O) groups is 2. The highest BCUT2D eigenvalue weighted by molar-refractivity contribution is 5.98. The van der Waals surface area contributed by atoms with Gasteiger partial charge in [-0.2, -0.15) is 0 Å². The van der Waals surface area contributed by atoms with E-state index in [1.807, 2.05) is 40.7 Å². The molecule has 1 aliphatic heterocycles. The van der Waals surface area contributed by atoms with Crippen molar-refractivity contribution in [2.45, 2.75) is 91.3 Å². The third kappa shape index (κ3) is 8.23. The van der Waals surface area contributed by atoms with Crippen molar-refractivity contribution in [2.24, 2.45) is 5.92 Å². The average Bonchev–Trinajstić information content (AvgIpc) is 3.60. The molecule has 3 aromatic heterocycles. The topological polar surface area (TPSA) is 160 Å². The Bertz CT molecular complexity index is 1450. The highest BCUT2D eigenvalue weighted by atomic mass is 16.6. The van der Waals surface area contributed by atoms with Crippen molar-refractivity contribution in [1.29, 1.82) is 0 Å². The number of amides is 2. The van der Waals surface area contributed by atoms with Crippen molar-refractivity contribution in [1.82, 2.24) is 29.9 Å². The van der Waals surface area contributed by atoms with Crippen LogP contribution in [0.15, 0.2) is 38.3 Å². The van der Waals surface area contributed by atoms with E-state index < -0.39 is 29.4 Å². The molecule has 1 saturated heterocycles. The zero-order valence-electron chi connectivity index (χ0n) is 26.3. The van der Waals surface area contributed by atoms with Gasteiger partial charge in [0.05, 0.1) is 18.8 Å². The van der Waals surface area contributed by atoms with Gasteiger partial charge in [0.25, 0.3) is 5.91 Å². The van der Waals surface area contributed by atoms with E-state index in [0.717, 1.165) is 0 Å². The Morgan fingerprint density at radius 2 is 1.95 bits per heavy atom. The molecule has 2 N–H and O–H groups in total. The number of rotatable bonds is 8. The van der Waals surface area contributed by atoms with Gasteiger partial charge in [0, 0.05) is 37.2 Å². The molecule has 0 bridgehead atoms. The number of ether oxygens (including phenoxy) is 1. The quantitative estimate of drug-likeness (QED) is 0.377. The van der Waals surface area contributed by atoms with E-state index >= 15 is 0 Å². The predicted octanol–water partition coefficient (Wildman–Crippen LogP) is 4.55. The molecule has 0 aromatic carbocycles. The maximum absolute atomic E-state index is 14.4. The molecule has 2 amide bonds. The monoisotopic (exact) mass is 597 g/mol. The average molecular weight is 598 g/mol. The molecule has 13 nitrogen and oxygen atoms in total. The van der Waals surface area contributed by atoms with Crippen LogP contribution in [0.4, 0.5) is 10.6 Å². The van der Waals surface area contributed by atoms with Crippen LogP contribution in [-0.4, -0.2) is 73.2 Å². The molecule has 3 aromatic rings. The molecule has 0 saturated carbocycles. The fourth-order valence-corrected chi connectivity index (χ4v) is 4.95. The second-order valence-corrected chi connectivity index (χ2v) is 13.4. The summed E-state index contributed by atoms with van der Waals surface area (Å²) in [6, 6.07) is 3.21. The number of aromatic amines is 1. The number of likely N-dealkylation sites (tertiary alicyclic amines) is 1. The maximum Gasteiger partial charge on any atom is 0.438 e. The van der Waals surface area contributed by atoms with Crippen molar-refractivity contribution < 1.29 is 23.3 Å². The van der Waals surface area contributed by atoms with Gasteiger partial charge in [0.1, 0.15) is 28.6 Å². The fraction of sp³-hybridized carbons (Fsp3) is 0.600. The van der Waals surface area contributed by atoms with Gasteiger partial charge in [-0.1, -0.05) is 39.8 Å². The predicted molar refractivity (Wildman–Crippen MR) is 159 cm³/mol. The summed E-state index contributed by atoms with van der Waals surface area (Å²) in [6.45, 7) is 16.7. The van der Waals surface area contributed by atoms with Crippen LogP contribution in [0.2, 0.25) is 0 Å². The van der Waals surface area contributed by atoms with Crippen molar-refractivity contribution in [3.63, 3.8) is 0 Å². The van der Waals surface area contributed by atoms with E-state index in [9.17, 15) is 14.4 Å². The normalized spacial score (nSPS) is 17.7. The maximum atomic E-state index is 14.4. The Hall–Kier alpha value is -4.16. The summed E-state index contributed by atoms with van der Waals surface area (Å²) in [7, 11) is 0. The molecular formula is C30H43N7O6. The lowest BCUT2D eigenvalue weighted by atomic mass is 9.91. The van der Waals surface area contributed by atoms with Crippen LogP contribution >= 0.6 is 0 Å². The van der Waals surface area contributed by atoms with Gasteiger partial charge < -0.3 is 24.3 Å². The molecule has 0 aliphatic carbocycles. The van der Waals surface area contributed by atoms with Crippen LogP contribution in [0.5, 0.6) is 0 Å². The van der Waals surface area contributed by atoms with Gasteiger partial charge in [-0.15, -0.1) is 0 Å². The molecule has 2 atom stereocenters. The first-order valence-electron chi connectivity index (χ1n) is 14.6. The number of hydrogen-bond donors (Lipinski definition) is 2. The number of aromatic nitrogens is 4. The summed E-state index contributed by atoms with van der Waals surface area (Å²) in [6.07, 6.45) is 3.08. The molecule has 234 valence electrons. The summed E-state index contributed by atoms with van der Waals surface area (Å²) in [5.74, 6) is 0.755. The van der Waals surface area contributed by atoms with Crippen LogP contribution in [0.1, 0.15) is 95.5 Å². The smallest absolute Gasteiger partial charge is 0.438 e. The second kappa shape index (κ2) is 12.6. The Morgan fingerprint density at radius 3 is 2.53 bits per heavy atom. The lowest BCUT2D eigenvalue weighted by Crippen LogP contribution is -2.55. The van der Waals surface area contributed by atoms with E-state index in [1.165, 1.54) is 0 Å². The lowest BCUT2D eigenvalue weighted by Gasteiger charge is -2.43. The number of furan rings is 1.